The molecule has 1 unspecified atom stereocenters. The lowest BCUT2D eigenvalue weighted by Gasteiger charge is -2.36. The van der Waals surface area contributed by atoms with Crippen molar-refractivity contribution in [2.24, 2.45) is 11.7 Å². The zero-order valence-electron chi connectivity index (χ0n) is 24.2. The minimum atomic E-state index is -0.429. The third kappa shape index (κ3) is 6.40. The Bertz CT molecular complexity index is 1510. The van der Waals surface area contributed by atoms with Crippen molar-refractivity contribution in [3.05, 3.63) is 123 Å². The Hall–Kier alpha value is -4.03. The minimum absolute atomic E-state index is 0.00897. The van der Waals surface area contributed by atoms with Gasteiger partial charge in [0.2, 0.25) is 0 Å². The summed E-state index contributed by atoms with van der Waals surface area (Å²) < 4.78 is 1.77. The molecule has 1 atom stereocenters. The molecule has 208 valence electrons. The number of aromatic nitrogens is 2. The molecule has 0 saturated heterocycles. The molecule has 0 aliphatic rings. The first-order valence-electron chi connectivity index (χ1n) is 14.0. The van der Waals surface area contributed by atoms with E-state index in [0.717, 1.165) is 22.3 Å². The van der Waals surface area contributed by atoms with Gasteiger partial charge >= 0.3 is 0 Å². The van der Waals surface area contributed by atoms with Crippen LogP contribution in [0.1, 0.15) is 64.9 Å². The van der Waals surface area contributed by atoms with Gasteiger partial charge in [0.1, 0.15) is 5.82 Å². The van der Waals surface area contributed by atoms with E-state index in [0.29, 0.717) is 48.7 Å². The Kier molecular flexibility index (Phi) is 9.33. The fourth-order valence-electron chi connectivity index (χ4n) is 5.25. The molecule has 4 rings (SSSR count). The predicted octanol–water partition coefficient (Wildman–Crippen LogP) is 6.07. The second-order valence-corrected chi connectivity index (χ2v) is 10.9. The van der Waals surface area contributed by atoms with Gasteiger partial charge in [-0.1, -0.05) is 91.7 Å². The van der Waals surface area contributed by atoms with Crippen LogP contribution in [0.2, 0.25) is 0 Å². The lowest BCUT2D eigenvalue weighted by molar-refractivity contribution is 0.0602. The van der Waals surface area contributed by atoms with E-state index < -0.39 is 6.04 Å². The molecule has 2 N–H and O–H groups in total. The van der Waals surface area contributed by atoms with E-state index in [2.05, 4.69) is 13.8 Å². The van der Waals surface area contributed by atoms with Crippen LogP contribution in [-0.2, 0) is 6.54 Å². The van der Waals surface area contributed by atoms with Gasteiger partial charge in [-0.05, 0) is 62.9 Å². The average Bonchev–Trinajstić information content (AvgIpc) is 2.93. The topological polar surface area (TPSA) is 81.2 Å². The first kappa shape index (κ1) is 29.0. The molecule has 1 heterocycles. The summed E-state index contributed by atoms with van der Waals surface area (Å²) in [4.78, 5) is 35.4. The second-order valence-electron chi connectivity index (χ2n) is 10.9. The second kappa shape index (κ2) is 12.9. The fourth-order valence-corrected chi connectivity index (χ4v) is 5.25. The van der Waals surface area contributed by atoms with Gasteiger partial charge in [-0.2, -0.15) is 0 Å². The maximum atomic E-state index is 14.4. The molecule has 0 bridgehead atoms. The van der Waals surface area contributed by atoms with E-state index in [-0.39, 0.29) is 17.4 Å². The first-order chi connectivity index (χ1) is 19.2. The van der Waals surface area contributed by atoms with Crippen molar-refractivity contribution < 1.29 is 4.79 Å². The largest absolute Gasteiger partial charge is 0.330 e. The van der Waals surface area contributed by atoms with Crippen molar-refractivity contribution in [2.45, 2.75) is 53.6 Å². The van der Waals surface area contributed by atoms with E-state index in [1.807, 2.05) is 105 Å². The average molecular weight is 537 g/mol. The number of nitrogens with zero attached hydrogens (tertiary/aromatic N) is 3. The van der Waals surface area contributed by atoms with Crippen LogP contribution in [0.4, 0.5) is 0 Å². The first-order valence-corrected chi connectivity index (χ1v) is 14.0. The van der Waals surface area contributed by atoms with Gasteiger partial charge in [0.15, 0.2) is 0 Å². The molecule has 3 aromatic carbocycles. The van der Waals surface area contributed by atoms with Gasteiger partial charge in [-0.3, -0.25) is 14.2 Å². The lowest BCUT2D eigenvalue weighted by atomic mass is 9.97. The molecule has 0 radical (unpaired) electrons. The van der Waals surface area contributed by atoms with Crippen molar-refractivity contribution in [2.75, 3.05) is 13.1 Å². The van der Waals surface area contributed by atoms with E-state index in [1.54, 1.807) is 4.57 Å². The molecule has 1 aromatic heterocycles. The highest BCUT2D eigenvalue weighted by Gasteiger charge is 2.33. The number of aryl methyl sites for hydroxylation is 3. The summed E-state index contributed by atoms with van der Waals surface area (Å²) in [7, 11) is 0. The third-order valence-corrected chi connectivity index (χ3v) is 7.26. The van der Waals surface area contributed by atoms with Crippen molar-refractivity contribution >= 4 is 5.91 Å². The zero-order valence-corrected chi connectivity index (χ0v) is 24.2. The van der Waals surface area contributed by atoms with E-state index >= 15 is 0 Å². The van der Waals surface area contributed by atoms with Crippen LogP contribution in [0.15, 0.2) is 83.7 Å². The highest BCUT2D eigenvalue weighted by molar-refractivity contribution is 5.94. The highest BCUT2D eigenvalue weighted by Crippen LogP contribution is 2.31. The summed E-state index contributed by atoms with van der Waals surface area (Å²) in [5.74, 6) is 0.494. The Labute approximate surface area is 237 Å². The Morgan fingerprint density at radius 1 is 0.925 bits per heavy atom. The fraction of sp³-hybridized carbons (Fsp3) is 0.324. The van der Waals surface area contributed by atoms with Crippen molar-refractivity contribution in [1.82, 2.24) is 14.5 Å². The van der Waals surface area contributed by atoms with Gasteiger partial charge in [0.25, 0.3) is 11.5 Å². The van der Waals surface area contributed by atoms with E-state index in [4.69, 9.17) is 10.7 Å². The van der Waals surface area contributed by atoms with Crippen molar-refractivity contribution in [3.63, 3.8) is 0 Å². The van der Waals surface area contributed by atoms with E-state index in [1.165, 1.54) is 0 Å². The quantitative estimate of drug-likeness (QED) is 0.267. The highest BCUT2D eigenvalue weighted by atomic mass is 16.2. The summed E-state index contributed by atoms with van der Waals surface area (Å²) in [5, 5.41) is 0. The normalized spacial score (nSPS) is 12.0. The van der Waals surface area contributed by atoms with Crippen molar-refractivity contribution in [1.29, 1.82) is 0 Å². The number of hydrogen-bond acceptors (Lipinski definition) is 4. The smallest absolute Gasteiger partial charge is 0.262 e. The van der Waals surface area contributed by atoms with Gasteiger partial charge in [0, 0.05) is 12.1 Å². The number of benzene rings is 3. The van der Waals surface area contributed by atoms with Gasteiger partial charge in [-0.15, -0.1) is 0 Å². The summed E-state index contributed by atoms with van der Waals surface area (Å²) in [5.41, 5.74) is 11.7. The monoisotopic (exact) mass is 536 g/mol. The number of amides is 1. The molecule has 4 aromatic rings. The number of hydrogen-bond donors (Lipinski definition) is 1. The maximum Gasteiger partial charge on any atom is 0.262 e. The van der Waals surface area contributed by atoms with Crippen LogP contribution in [0.3, 0.4) is 0 Å². The van der Waals surface area contributed by atoms with Gasteiger partial charge in [0.05, 0.1) is 23.8 Å². The zero-order chi connectivity index (χ0) is 28.8. The molecule has 1 amide bonds. The number of nitrogens with two attached hydrogens (primary N) is 1. The summed E-state index contributed by atoms with van der Waals surface area (Å²) in [6, 6.07) is 25.1. The minimum Gasteiger partial charge on any atom is -0.330 e. The van der Waals surface area contributed by atoms with Crippen LogP contribution < -0.4 is 11.3 Å². The van der Waals surface area contributed by atoms with Crippen LogP contribution in [0.5, 0.6) is 0 Å². The molecule has 0 spiro atoms. The third-order valence-electron chi connectivity index (χ3n) is 7.26. The number of carbonyl (C=O) groups is 1. The SMILES string of the molecule is Cc1ccc(C(=O)N(CCCN)C(c2nc(C)c(-c3cccc(C)c3)c(=O)n2Cc2ccccc2)C(C)C)cc1. The molecule has 0 aliphatic carbocycles. The number of rotatable bonds is 10. The Morgan fingerprint density at radius 2 is 1.62 bits per heavy atom. The molecule has 6 heteroatoms. The van der Waals surface area contributed by atoms with E-state index in [9.17, 15) is 9.59 Å². The van der Waals surface area contributed by atoms with Crippen LogP contribution in [0, 0.1) is 26.7 Å². The molecular weight excluding hydrogens is 496 g/mol. The summed E-state index contributed by atoms with van der Waals surface area (Å²) >= 11 is 0. The molecular formula is C34H40N4O2. The van der Waals surface area contributed by atoms with Crippen molar-refractivity contribution in [3.8, 4) is 11.1 Å². The molecule has 40 heavy (non-hydrogen) atoms. The number of carbonyl (C=O) groups excluding carboxylic acids is 1. The Morgan fingerprint density at radius 3 is 2.25 bits per heavy atom. The summed E-state index contributed by atoms with van der Waals surface area (Å²) in [6.07, 6.45) is 0.643. The van der Waals surface area contributed by atoms with Crippen LogP contribution in [-0.4, -0.2) is 33.4 Å². The lowest BCUT2D eigenvalue weighted by Crippen LogP contribution is -2.42. The molecule has 0 aliphatic heterocycles. The Balaban J connectivity index is 1.94. The summed E-state index contributed by atoms with van der Waals surface area (Å²) in [6.45, 7) is 11.3. The maximum absolute atomic E-state index is 14.4. The van der Waals surface area contributed by atoms with Crippen LogP contribution >= 0.6 is 0 Å². The predicted molar refractivity (Wildman–Crippen MR) is 162 cm³/mol. The molecule has 0 saturated carbocycles. The van der Waals surface area contributed by atoms with Gasteiger partial charge in [-0.25, -0.2) is 4.98 Å². The standard InChI is InChI=1S/C34H40N4O2/c1-23(2)31(37(20-10-19-35)33(39)28-17-15-24(3)16-18-28)32-36-26(5)30(29-14-9-11-25(4)21-29)34(40)38(32)22-27-12-7-6-8-13-27/h6-9,11-18,21,23,31H,10,19-20,22,35H2,1-5H3. The van der Waals surface area contributed by atoms with Crippen LogP contribution in [0.25, 0.3) is 11.1 Å². The molecule has 6 nitrogen and oxygen atoms in total. The molecule has 0 fully saturated rings. The van der Waals surface area contributed by atoms with Gasteiger partial charge < -0.3 is 10.6 Å².